The average Bonchev–Trinajstić information content (AvgIpc) is 3.74. The first-order chi connectivity index (χ1) is 33.5. The third-order valence-electron chi connectivity index (χ3n) is 8.52. The molecule has 9 aromatic carbocycles. The molecule has 0 aliphatic rings. The molecule has 0 N–H and O–H groups in total. The zero-order valence-electron chi connectivity index (χ0n) is 47.0. The van der Waals surface area contributed by atoms with Crippen molar-refractivity contribution >= 4 is 54.1 Å². The molecule has 0 spiro atoms. The fourth-order valence-electron chi connectivity index (χ4n) is 6.50. The maximum Gasteiger partial charge on any atom is 0.143 e. The van der Waals surface area contributed by atoms with Crippen LogP contribution in [0.2, 0.25) is 0 Å². The number of furan rings is 1. The number of hydrogen-bond donors (Lipinski definition) is 0. The fraction of sp³-hybridized carbons (Fsp3) is 0. The standard InChI is InChI=1S/C48H30O/c1-3-15-31(16-4-1)35-25-13-28-43-46(48(49-47(35)43)42-27-14-26-36-34-20-8-7-17-32(34)29-30-37(36)42)45-40-23-11-9-21-38(40)44(33-18-5-2-6-19-33)39-22-10-12-24-41(39)45/h1-30H/i1D,3D,4D,7D,8D,9D,10D,11D,12D,14D,15D,16D,17D,20D,21D,22D,23D,24D,26D,27D,29D,30D. The third kappa shape index (κ3) is 4.26. The summed E-state index contributed by atoms with van der Waals surface area (Å²) in [5, 5.41) is -3.14. The lowest BCUT2D eigenvalue weighted by Crippen LogP contribution is -1.92. The van der Waals surface area contributed by atoms with Crippen LogP contribution in [0.25, 0.3) is 98.8 Å². The van der Waals surface area contributed by atoms with E-state index in [0.29, 0.717) is 0 Å². The molecular weight excluding hydrogens is 593 g/mol. The van der Waals surface area contributed by atoms with E-state index in [-0.39, 0.29) is 65.9 Å². The second-order valence-corrected chi connectivity index (χ2v) is 11.1. The van der Waals surface area contributed by atoms with E-state index in [2.05, 4.69) is 0 Å². The van der Waals surface area contributed by atoms with Crippen molar-refractivity contribution in [2.75, 3.05) is 0 Å². The van der Waals surface area contributed by atoms with E-state index >= 15 is 0 Å². The minimum atomic E-state index is -0.867. The number of rotatable bonds is 4. The summed E-state index contributed by atoms with van der Waals surface area (Å²) in [6.07, 6.45) is 0. The monoisotopic (exact) mass is 644 g/mol. The summed E-state index contributed by atoms with van der Waals surface area (Å²) in [5.41, 5.74) is -1.84. The van der Waals surface area contributed by atoms with Crippen LogP contribution in [0, 0.1) is 0 Å². The molecule has 1 nitrogen and oxygen atoms in total. The summed E-state index contributed by atoms with van der Waals surface area (Å²) in [7, 11) is 0. The molecule has 1 heterocycles. The molecule has 0 amide bonds. The largest absolute Gasteiger partial charge is 0.455 e. The maximum absolute atomic E-state index is 9.64. The second kappa shape index (κ2) is 11.1. The van der Waals surface area contributed by atoms with Crippen LogP contribution in [-0.4, -0.2) is 0 Å². The summed E-state index contributed by atoms with van der Waals surface area (Å²) in [4.78, 5) is 0. The Labute approximate surface area is 315 Å². The molecule has 0 saturated heterocycles. The highest BCUT2D eigenvalue weighted by atomic mass is 16.3. The third-order valence-corrected chi connectivity index (χ3v) is 8.52. The molecule has 0 bridgehead atoms. The van der Waals surface area contributed by atoms with Gasteiger partial charge in [0.05, 0.1) is 30.2 Å². The highest BCUT2D eigenvalue weighted by Gasteiger charge is 2.26. The van der Waals surface area contributed by atoms with Gasteiger partial charge in [0, 0.05) is 27.6 Å². The van der Waals surface area contributed by atoms with Gasteiger partial charge in [-0.1, -0.05) is 181 Å². The molecule has 49 heavy (non-hydrogen) atoms. The maximum atomic E-state index is 9.64. The Kier molecular flexibility index (Phi) is 3.07. The van der Waals surface area contributed by atoms with E-state index in [1.165, 1.54) is 18.2 Å². The van der Waals surface area contributed by atoms with Gasteiger partial charge in [-0.15, -0.1) is 0 Å². The molecule has 10 rings (SSSR count). The Morgan fingerprint density at radius 1 is 0.347 bits per heavy atom. The van der Waals surface area contributed by atoms with Crippen LogP contribution in [0.5, 0.6) is 0 Å². The Balaban J connectivity index is 1.58. The molecule has 1 heteroatoms. The van der Waals surface area contributed by atoms with Gasteiger partial charge in [-0.3, -0.25) is 0 Å². The molecule has 0 saturated carbocycles. The minimum Gasteiger partial charge on any atom is -0.455 e. The number of fused-ring (bicyclic) bond motifs is 6. The number of benzene rings is 9. The van der Waals surface area contributed by atoms with Gasteiger partial charge in [0.1, 0.15) is 11.3 Å². The van der Waals surface area contributed by atoms with Crippen LogP contribution in [0.4, 0.5) is 0 Å². The van der Waals surface area contributed by atoms with Crippen LogP contribution in [-0.2, 0) is 0 Å². The Hall–Kier alpha value is -6.44. The second-order valence-electron chi connectivity index (χ2n) is 11.1. The first kappa shape index (κ1) is 13.6. The van der Waals surface area contributed by atoms with Crippen LogP contribution in [0.1, 0.15) is 30.2 Å². The van der Waals surface area contributed by atoms with Crippen molar-refractivity contribution in [1.82, 2.24) is 0 Å². The van der Waals surface area contributed by atoms with E-state index < -0.39 is 166 Å². The van der Waals surface area contributed by atoms with Gasteiger partial charge >= 0.3 is 0 Å². The Bertz CT molecular complexity index is 4020. The Morgan fingerprint density at radius 3 is 1.71 bits per heavy atom. The van der Waals surface area contributed by atoms with Gasteiger partial charge in [0.25, 0.3) is 0 Å². The van der Waals surface area contributed by atoms with Crippen molar-refractivity contribution in [3.05, 3.63) is 181 Å². The molecule has 0 unspecified atom stereocenters. The minimum absolute atomic E-state index is 0.0148. The van der Waals surface area contributed by atoms with Crippen LogP contribution >= 0.6 is 0 Å². The molecule has 0 fully saturated rings. The lowest BCUT2D eigenvalue weighted by molar-refractivity contribution is 0.634. The van der Waals surface area contributed by atoms with Crippen LogP contribution in [0.3, 0.4) is 0 Å². The molecular formula is C48H30O. The first-order valence-electron chi connectivity index (χ1n) is 26.1. The summed E-state index contributed by atoms with van der Waals surface area (Å²) in [6, 6.07) is -4.01. The van der Waals surface area contributed by atoms with E-state index in [4.69, 9.17) is 22.2 Å². The van der Waals surface area contributed by atoms with Crippen molar-refractivity contribution in [1.29, 1.82) is 0 Å². The Morgan fingerprint density at radius 2 is 0.980 bits per heavy atom. The summed E-state index contributed by atoms with van der Waals surface area (Å²) < 4.78 is 206. The normalized spacial score (nSPS) is 18.0. The van der Waals surface area contributed by atoms with E-state index in [1.54, 1.807) is 30.3 Å². The van der Waals surface area contributed by atoms with Crippen LogP contribution < -0.4 is 0 Å². The molecule has 0 aliphatic heterocycles. The van der Waals surface area contributed by atoms with Crippen molar-refractivity contribution in [2.24, 2.45) is 0 Å². The quantitative estimate of drug-likeness (QED) is 0.137. The number of hydrogen-bond acceptors (Lipinski definition) is 1. The average molecular weight is 645 g/mol. The molecule has 0 atom stereocenters. The molecule has 10 aromatic rings. The van der Waals surface area contributed by atoms with Gasteiger partial charge < -0.3 is 4.42 Å². The number of para-hydroxylation sites is 1. The topological polar surface area (TPSA) is 13.1 Å². The summed E-state index contributed by atoms with van der Waals surface area (Å²) in [5.74, 6) is -0.578. The van der Waals surface area contributed by atoms with Gasteiger partial charge in [-0.25, -0.2) is 0 Å². The highest BCUT2D eigenvalue weighted by molar-refractivity contribution is 6.26. The molecule has 0 aliphatic carbocycles. The zero-order chi connectivity index (χ0) is 51.5. The SMILES string of the molecule is [2H]c1c([2H])c([2H])c(-c2cccc3c(-c4c5c([2H])c([2H])c([2H])c([2H])c5c(-c5ccccc5)c5c([2H])c([2H])c([2H])c([2H])c45)c(-c4c([2H])c([2H])c([2H])c5c4c([2H])c([2H])c4c([2H])c([2H])c([2H])c([2H])c45)oc23)c([2H])c1[2H]. The smallest absolute Gasteiger partial charge is 0.143 e. The van der Waals surface area contributed by atoms with E-state index in [1.807, 2.05) is 0 Å². The molecule has 1 aromatic heterocycles. The first-order valence-corrected chi connectivity index (χ1v) is 15.1. The molecule has 0 radical (unpaired) electrons. The molecule has 228 valence electrons. The van der Waals surface area contributed by atoms with E-state index in [0.717, 1.165) is 0 Å². The van der Waals surface area contributed by atoms with Gasteiger partial charge in [0.2, 0.25) is 0 Å². The highest BCUT2D eigenvalue weighted by Crippen LogP contribution is 2.51. The van der Waals surface area contributed by atoms with Gasteiger partial charge in [-0.2, -0.15) is 0 Å². The van der Waals surface area contributed by atoms with Crippen LogP contribution in [0.15, 0.2) is 186 Å². The van der Waals surface area contributed by atoms with Crippen molar-refractivity contribution in [2.45, 2.75) is 0 Å². The lowest BCUT2D eigenvalue weighted by atomic mass is 9.84. The fourth-order valence-corrected chi connectivity index (χ4v) is 6.50. The van der Waals surface area contributed by atoms with Gasteiger partial charge in [0.15, 0.2) is 0 Å². The predicted octanol–water partition coefficient (Wildman–Crippen LogP) is 13.7. The zero-order valence-corrected chi connectivity index (χ0v) is 25.0. The summed E-state index contributed by atoms with van der Waals surface area (Å²) in [6.45, 7) is 0. The van der Waals surface area contributed by atoms with Crippen molar-refractivity contribution < 1.29 is 34.6 Å². The van der Waals surface area contributed by atoms with Gasteiger partial charge in [-0.05, 0) is 59.8 Å². The summed E-state index contributed by atoms with van der Waals surface area (Å²) >= 11 is 0. The van der Waals surface area contributed by atoms with E-state index in [9.17, 15) is 12.3 Å². The van der Waals surface area contributed by atoms with Crippen molar-refractivity contribution in [3.63, 3.8) is 0 Å². The van der Waals surface area contributed by atoms with Crippen molar-refractivity contribution in [3.8, 4) is 44.7 Å². The predicted molar refractivity (Wildman–Crippen MR) is 208 cm³/mol. The lowest BCUT2D eigenvalue weighted by Gasteiger charge is -2.18.